The number of hydrogen-bond acceptors (Lipinski definition) is 3. The Morgan fingerprint density at radius 3 is 2.63 bits per heavy atom. The van der Waals surface area contributed by atoms with E-state index in [0.29, 0.717) is 11.5 Å². The lowest BCUT2D eigenvalue weighted by Gasteiger charge is -2.36. The normalized spacial score (nSPS) is 22.4. The second-order valence-corrected chi connectivity index (χ2v) is 5.69. The van der Waals surface area contributed by atoms with Crippen LogP contribution >= 0.6 is 0 Å². The summed E-state index contributed by atoms with van der Waals surface area (Å²) in [6, 6.07) is 3.18. The summed E-state index contributed by atoms with van der Waals surface area (Å²) in [6.07, 6.45) is 2.28. The highest BCUT2D eigenvalue weighted by molar-refractivity contribution is 5.43. The minimum atomic E-state index is -0.265. The van der Waals surface area contributed by atoms with Gasteiger partial charge in [-0.1, -0.05) is 6.07 Å². The molecule has 2 aliphatic rings. The number of benzene rings is 1. The van der Waals surface area contributed by atoms with Gasteiger partial charge in [-0.25, -0.2) is 4.39 Å². The van der Waals surface area contributed by atoms with E-state index in [1.807, 2.05) is 6.92 Å². The number of nitrogens with one attached hydrogen (secondary N) is 1. The van der Waals surface area contributed by atoms with E-state index in [-0.39, 0.29) is 17.6 Å². The molecule has 1 saturated carbocycles. The third kappa shape index (κ3) is 2.47. The lowest BCUT2D eigenvalue weighted by atomic mass is 9.96. The van der Waals surface area contributed by atoms with E-state index in [9.17, 15) is 9.50 Å². The molecule has 2 N–H and O–H groups in total. The van der Waals surface area contributed by atoms with Gasteiger partial charge >= 0.3 is 0 Å². The average molecular weight is 264 g/mol. The van der Waals surface area contributed by atoms with E-state index in [1.165, 1.54) is 6.07 Å². The van der Waals surface area contributed by atoms with Gasteiger partial charge in [0, 0.05) is 37.8 Å². The molecule has 104 valence electrons. The maximum atomic E-state index is 14.2. The molecule has 2 fully saturated rings. The van der Waals surface area contributed by atoms with Crippen LogP contribution in [0.3, 0.4) is 0 Å². The van der Waals surface area contributed by atoms with Crippen LogP contribution in [0.5, 0.6) is 5.75 Å². The maximum absolute atomic E-state index is 14.2. The molecule has 1 aliphatic heterocycles. The number of phenols is 1. The Morgan fingerprint density at radius 1 is 1.32 bits per heavy atom. The average Bonchev–Trinajstić information content (AvgIpc) is 3.24. The highest BCUT2D eigenvalue weighted by Crippen LogP contribution is 2.48. The van der Waals surface area contributed by atoms with Crippen LogP contribution in [0, 0.1) is 18.7 Å². The fraction of sp³-hybridized carbons (Fsp3) is 0.600. The summed E-state index contributed by atoms with van der Waals surface area (Å²) in [7, 11) is 0. The fourth-order valence-electron chi connectivity index (χ4n) is 3.06. The van der Waals surface area contributed by atoms with Gasteiger partial charge in [0.05, 0.1) is 0 Å². The second kappa shape index (κ2) is 5.10. The molecule has 1 atom stereocenters. The Kier molecular flexibility index (Phi) is 3.46. The molecule has 19 heavy (non-hydrogen) atoms. The number of aryl methyl sites for hydroxylation is 1. The monoisotopic (exact) mass is 264 g/mol. The van der Waals surface area contributed by atoms with E-state index in [2.05, 4.69) is 10.2 Å². The molecule has 3 rings (SSSR count). The van der Waals surface area contributed by atoms with Gasteiger partial charge in [0.1, 0.15) is 11.6 Å². The van der Waals surface area contributed by atoms with E-state index in [0.717, 1.165) is 44.6 Å². The Balaban J connectivity index is 1.97. The van der Waals surface area contributed by atoms with Gasteiger partial charge in [0.15, 0.2) is 0 Å². The number of nitrogens with zero attached hydrogens (tertiary/aromatic N) is 1. The number of hydrogen-bond donors (Lipinski definition) is 2. The van der Waals surface area contributed by atoms with Crippen molar-refractivity contribution in [2.75, 3.05) is 26.2 Å². The van der Waals surface area contributed by atoms with Crippen molar-refractivity contribution in [2.45, 2.75) is 25.8 Å². The predicted octanol–water partition coefficient (Wildman–Crippen LogP) is 2.20. The van der Waals surface area contributed by atoms with Gasteiger partial charge in [-0.05, 0) is 37.3 Å². The van der Waals surface area contributed by atoms with Crippen molar-refractivity contribution < 1.29 is 9.50 Å². The smallest absolute Gasteiger partial charge is 0.131 e. The number of phenolic OH excluding ortho intramolecular Hbond substituents is 1. The van der Waals surface area contributed by atoms with Gasteiger partial charge < -0.3 is 10.4 Å². The SMILES string of the molecule is Cc1ccc(F)c([C@H](C2CC2)N2CCNCC2)c1O. The highest BCUT2D eigenvalue weighted by atomic mass is 19.1. The van der Waals surface area contributed by atoms with Gasteiger partial charge in [-0.15, -0.1) is 0 Å². The van der Waals surface area contributed by atoms with Crippen LogP contribution < -0.4 is 5.32 Å². The summed E-state index contributed by atoms with van der Waals surface area (Å²) in [5.74, 6) is 0.384. The van der Waals surface area contributed by atoms with Crippen LogP contribution in [0.25, 0.3) is 0 Å². The van der Waals surface area contributed by atoms with E-state index in [1.54, 1.807) is 6.07 Å². The summed E-state index contributed by atoms with van der Waals surface area (Å²) in [5.41, 5.74) is 1.28. The lowest BCUT2D eigenvalue weighted by molar-refractivity contribution is 0.150. The Labute approximate surface area is 113 Å². The van der Waals surface area contributed by atoms with Crippen LogP contribution in [-0.2, 0) is 0 Å². The number of piperazine rings is 1. The van der Waals surface area contributed by atoms with Crippen molar-refractivity contribution in [3.05, 3.63) is 29.1 Å². The van der Waals surface area contributed by atoms with Crippen molar-refractivity contribution in [3.8, 4) is 5.75 Å². The third-order valence-corrected chi connectivity index (χ3v) is 4.27. The van der Waals surface area contributed by atoms with E-state index < -0.39 is 0 Å². The summed E-state index contributed by atoms with van der Waals surface area (Å²) < 4.78 is 14.2. The van der Waals surface area contributed by atoms with Crippen molar-refractivity contribution in [2.24, 2.45) is 5.92 Å². The van der Waals surface area contributed by atoms with E-state index >= 15 is 0 Å². The molecular formula is C15H21FN2O. The molecule has 4 heteroatoms. The van der Waals surface area contributed by atoms with Crippen LogP contribution in [0.4, 0.5) is 4.39 Å². The first kappa shape index (κ1) is 12.9. The van der Waals surface area contributed by atoms with Crippen LogP contribution in [-0.4, -0.2) is 36.2 Å². The van der Waals surface area contributed by atoms with Gasteiger partial charge in [0.2, 0.25) is 0 Å². The fourth-order valence-corrected chi connectivity index (χ4v) is 3.06. The zero-order valence-electron chi connectivity index (χ0n) is 11.3. The van der Waals surface area contributed by atoms with Crippen LogP contribution in [0.2, 0.25) is 0 Å². The molecule has 1 heterocycles. The molecular weight excluding hydrogens is 243 g/mol. The Hall–Kier alpha value is -1.13. The van der Waals surface area contributed by atoms with Crippen molar-refractivity contribution in [1.29, 1.82) is 0 Å². The summed E-state index contributed by atoms with van der Waals surface area (Å²) in [5, 5.41) is 13.6. The molecule has 1 aliphatic carbocycles. The molecule has 1 aromatic rings. The lowest BCUT2D eigenvalue weighted by Crippen LogP contribution is -2.45. The number of rotatable bonds is 3. The zero-order valence-corrected chi connectivity index (χ0v) is 11.3. The molecule has 0 spiro atoms. The molecule has 0 amide bonds. The third-order valence-electron chi connectivity index (χ3n) is 4.27. The van der Waals surface area contributed by atoms with Crippen molar-refractivity contribution in [1.82, 2.24) is 10.2 Å². The van der Waals surface area contributed by atoms with Gasteiger partial charge in [0.25, 0.3) is 0 Å². The first-order valence-corrected chi connectivity index (χ1v) is 7.11. The largest absolute Gasteiger partial charge is 0.507 e. The summed E-state index contributed by atoms with van der Waals surface area (Å²) in [6.45, 7) is 5.57. The topological polar surface area (TPSA) is 35.5 Å². The Bertz CT molecular complexity index is 467. The molecule has 1 aromatic carbocycles. The zero-order chi connectivity index (χ0) is 13.4. The minimum Gasteiger partial charge on any atom is -0.507 e. The predicted molar refractivity (Wildman–Crippen MR) is 72.7 cm³/mol. The summed E-state index contributed by atoms with van der Waals surface area (Å²) >= 11 is 0. The first-order valence-electron chi connectivity index (χ1n) is 7.11. The van der Waals surface area contributed by atoms with E-state index in [4.69, 9.17) is 0 Å². The van der Waals surface area contributed by atoms with Crippen molar-refractivity contribution in [3.63, 3.8) is 0 Å². The van der Waals surface area contributed by atoms with Crippen LogP contribution in [0.1, 0.15) is 30.0 Å². The molecule has 0 bridgehead atoms. The molecule has 0 radical (unpaired) electrons. The van der Waals surface area contributed by atoms with Crippen molar-refractivity contribution >= 4 is 0 Å². The molecule has 0 unspecified atom stereocenters. The summed E-state index contributed by atoms with van der Waals surface area (Å²) in [4.78, 5) is 2.33. The molecule has 0 aromatic heterocycles. The van der Waals surface area contributed by atoms with Gasteiger partial charge in [-0.2, -0.15) is 0 Å². The Morgan fingerprint density at radius 2 is 2.00 bits per heavy atom. The minimum absolute atomic E-state index is 0.0435. The molecule has 1 saturated heterocycles. The van der Waals surface area contributed by atoms with Crippen LogP contribution in [0.15, 0.2) is 12.1 Å². The maximum Gasteiger partial charge on any atom is 0.131 e. The standard InChI is InChI=1S/C15H21FN2O/c1-10-2-5-12(16)13(15(10)19)14(11-3-4-11)18-8-6-17-7-9-18/h2,5,11,14,17,19H,3-4,6-9H2,1H3/t14-/m0/s1. The first-order chi connectivity index (χ1) is 9.18. The van der Waals surface area contributed by atoms with Gasteiger partial charge in [-0.3, -0.25) is 4.90 Å². The molecule has 3 nitrogen and oxygen atoms in total. The quantitative estimate of drug-likeness (QED) is 0.878. The second-order valence-electron chi connectivity index (χ2n) is 5.69. The number of aromatic hydroxyl groups is 1. The highest BCUT2D eigenvalue weighted by Gasteiger charge is 2.39. The number of halogens is 1.